The lowest BCUT2D eigenvalue weighted by molar-refractivity contribution is 0.0661. The summed E-state index contributed by atoms with van der Waals surface area (Å²) in [7, 11) is 0. The van der Waals surface area contributed by atoms with E-state index in [0.717, 1.165) is 25.0 Å². The van der Waals surface area contributed by atoms with Crippen molar-refractivity contribution in [3.05, 3.63) is 29.2 Å². The molecule has 23 heavy (non-hydrogen) atoms. The Bertz CT molecular complexity index is 676. The van der Waals surface area contributed by atoms with E-state index < -0.39 is 0 Å². The van der Waals surface area contributed by atoms with Crippen LogP contribution in [0, 0.1) is 0 Å². The van der Waals surface area contributed by atoms with Crippen LogP contribution in [0.5, 0.6) is 0 Å². The second kappa shape index (κ2) is 6.52. The van der Waals surface area contributed by atoms with E-state index in [9.17, 15) is 4.79 Å². The number of hydrogen-bond acceptors (Lipinski definition) is 6. The summed E-state index contributed by atoms with van der Waals surface area (Å²) in [5.74, 6) is 1.87. The van der Waals surface area contributed by atoms with Gasteiger partial charge in [-0.2, -0.15) is 4.98 Å². The molecular formula is C16H22N4O3. The van der Waals surface area contributed by atoms with E-state index in [-0.39, 0.29) is 17.7 Å². The monoisotopic (exact) mass is 318 g/mol. The number of piperidine rings is 1. The summed E-state index contributed by atoms with van der Waals surface area (Å²) in [4.78, 5) is 18.8. The number of aryl methyl sites for hydroxylation is 1. The third-order valence-corrected chi connectivity index (χ3v) is 4.19. The maximum absolute atomic E-state index is 12.6. The average molecular weight is 318 g/mol. The lowest BCUT2D eigenvalue weighted by Gasteiger charge is -2.30. The van der Waals surface area contributed by atoms with Gasteiger partial charge >= 0.3 is 0 Å². The van der Waals surface area contributed by atoms with Crippen molar-refractivity contribution in [2.45, 2.75) is 51.9 Å². The van der Waals surface area contributed by atoms with Crippen molar-refractivity contribution in [1.82, 2.24) is 20.2 Å². The Morgan fingerprint density at radius 3 is 2.87 bits per heavy atom. The van der Waals surface area contributed by atoms with Crippen molar-refractivity contribution >= 4 is 5.91 Å². The van der Waals surface area contributed by atoms with Crippen LogP contribution < -0.4 is 0 Å². The molecule has 7 nitrogen and oxygen atoms in total. The van der Waals surface area contributed by atoms with Crippen molar-refractivity contribution in [3.8, 4) is 0 Å². The van der Waals surface area contributed by atoms with Crippen LogP contribution in [0.4, 0.5) is 0 Å². The van der Waals surface area contributed by atoms with Crippen molar-refractivity contribution in [2.24, 2.45) is 0 Å². The molecule has 0 spiro atoms. The number of rotatable bonds is 4. The van der Waals surface area contributed by atoms with Crippen molar-refractivity contribution in [3.63, 3.8) is 0 Å². The molecule has 1 atom stereocenters. The van der Waals surface area contributed by atoms with E-state index >= 15 is 0 Å². The van der Waals surface area contributed by atoms with Crippen LogP contribution in [0.1, 0.15) is 73.4 Å². The fraction of sp³-hybridized carbons (Fsp3) is 0.625. The van der Waals surface area contributed by atoms with Gasteiger partial charge in [0.15, 0.2) is 5.82 Å². The van der Waals surface area contributed by atoms with Crippen molar-refractivity contribution in [1.29, 1.82) is 0 Å². The Balaban J connectivity index is 1.70. The molecule has 0 aliphatic carbocycles. The molecule has 124 valence electrons. The van der Waals surface area contributed by atoms with Crippen LogP contribution in [-0.2, 0) is 6.42 Å². The standard InChI is InChI=1S/C16H22N4O3/c1-4-14-17-15(19-23-14)11-6-5-7-20(9-11)16(21)13-8-12(10(2)3)18-22-13/h8,10-11H,4-7,9H2,1-3H3. The van der Waals surface area contributed by atoms with Gasteiger partial charge in [-0.3, -0.25) is 4.79 Å². The molecule has 1 aliphatic heterocycles. The highest BCUT2D eigenvalue weighted by atomic mass is 16.5. The van der Waals surface area contributed by atoms with Gasteiger partial charge in [0.1, 0.15) is 0 Å². The Morgan fingerprint density at radius 2 is 2.22 bits per heavy atom. The summed E-state index contributed by atoms with van der Waals surface area (Å²) in [6.45, 7) is 7.31. The van der Waals surface area contributed by atoms with E-state index in [1.807, 2.05) is 20.8 Å². The summed E-state index contributed by atoms with van der Waals surface area (Å²) in [5.41, 5.74) is 0.799. The number of carbonyl (C=O) groups excluding carboxylic acids is 1. The maximum atomic E-state index is 12.6. The number of amides is 1. The number of aromatic nitrogens is 3. The number of hydrogen-bond donors (Lipinski definition) is 0. The lowest BCUT2D eigenvalue weighted by atomic mass is 9.97. The van der Waals surface area contributed by atoms with Gasteiger partial charge in [0, 0.05) is 31.5 Å². The maximum Gasteiger partial charge on any atom is 0.292 e. The first-order chi connectivity index (χ1) is 11.1. The van der Waals surface area contributed by atoms with E-state index in [0.29, 0.717) is 30.6 Å². The molecule has 2 aromatic rings. The van der Waals surface area contributed by atoms with Gasteiger partial charge in [0.25, 0.3) is 5.91 Å². The summed E-state index contributed by atoms with van der Waals surface area (Å²) < 4.78 is 10.4. The van der Waals surface area contributed by atoms with E-state index in [4.69, 9.17) is 9.05 Å². The molecule has 2 aromatic heterocycles. The van der Waals surface area contributed by atoms with E-state index in [1.165, 1.54) is 0 Å². The zero-order valence-corrected chi connectivity index (χ0v) is 13.8. The second-order valence-corrected chi connectivity index (χ2v) is 6.26. The van der Waals surface area contributed by atoms with Crippen molar-refractivity contribution in [2.75, 3.05) is 13.1 Å². The van der Waals surface area contributed by atoms with Crippen LogP contribution in [0.2, 0.25) is 0 Å². The molecule has 0 aromatic carbocycles. The first-order valence-corrected chi connectivity index (χ1v) is 8.16. The molecule has 3 heterocycles. The third kappa shape index (κ3) is 3.28. The third-order valence-electron chi connectivity index (χ3n) is 4.19. The Labute approximate surface area is 135 Å². The molecule has 0 N–H and O–H groups in total. The van der Waals surface area contributed by atoms with Gasteiger partial charge < -0.3 is 13.9 Å². The van der Waals surface area contributed by atoms with Gasteiger partial charge in [-0.1, -0.05) is 31.1 Å². The number of likely N-dealkylation sites (tertiary alicyclic amines) is 1. The Hall–Kier alpha value is -2.18. The molecular weight excluding hydrogens is 296 g/mol. The van der Waals surface area contributed by atoms with Gasteiger partial charge in [0.2, 0.25) is 11.7 Å². The van der Waals surface area contributed by atoms with Crippen LogP contribution in [0.3, 0.4) is 0 Å². The largest absolute Gasteiger partial charge is 0.351 e. The molecule has 1 saturated heterocycles. The predicted octanol–water partition coefficient (Wildman–Crippen LogP) is 2.76. The van der Waals surface area contributed by atoms with Crippen LogP contribution in [-0.4, -0.2) is 39.2 Å². The minimum Gasteiger partial charge on any atom is -0.351 e. The average Bonchev–Trinajstić information content (AvgIpc) is 3.23. The van der Waals surface area contributed by atoms with Crippen molar-refractivity contribution < 1.29 is 13.8 Å². The molecule has 1 aliphatic rings. The quantitative estimate of drug-likeness (QED) is 0.861. The summed E-state index contributed by atoms with van der Waals surface area (Å²) in [6, 6.07) is 1.74. The number of nitrogens with zero attached hydrogens (tertiary/aromatic N) is 4. The molecule has 1 fully saturated rings. The van der Waals surface area contributed by atoms with Crippen LogP contribution >= 0.6 is 0 Å². The SMILES string of the molecule is CCc1nc(C2CCCN(C(=O)c3cc(C(C)C)no3)C2)no1. The summed E-state index contributed by atoms with van der Waals surface area (Å²) in [6.07, 6.45) is 2.59. The fourth-order valence-electron chi connectivity index (χ4n) is 2.77. The minimum atomic E-state index is -0.117. The van der Waals surface area contributed by atoms with Gasteiger partial charge in [-0.05, 0) is 18.8 Å². The first kappa shape index (κ1) is 15.7. The smallest absolute Gasteiger partial charge is 0.292 e. The molecule has 3 rings (SSSR count). The Morgan fingerprint density at radius 1 is 1.39 bits per heavy atom. The van der Waals surface area contributed by atoms with Gasteiger partial charge in [0.05, 0.1) is 5.69 Å². The highest BCUT2D eigenvalue weighted by Gasteiger charge is 2.30. The lowest BCUT2D eigenvalue weighted by Crippen LogP contribution is -2.39. The zero-order valence-electron chi connectivity index (χ0n) is 13.8. The van der Waals surface area contributed by atoms with Crippen LogP contribution in [0.15, 0.2) is 15.1 Å². The van der Waals surface area contributed by atoms with E-state index in [2.05, 4.69) is 15.3 Å². The van der Waals surface area contributed by atoms with Gasteiger partial charge in [-0.15, -0.1) is 0 Å². The number of carbonyl (C=O) groups is 1. The Kier molecular flexibility index (Phi) is 4.45. The second-order valence-electron chi connectivity index (χ2n) is 6.26. The summed E-state index contributed by atoms with van der Waals surface area (Å²) >= 11 is 0. The predicted molar refractivity (Wildman–Crippen MR) is 82.1 cm³/mol. The molecule has 0 bridgehead atoms. The molecule has 1 amide bonds. The highest BCUT2D eigenvalue weighted by Crippen LogP contribution is 2.26. The normalized spacial score (nSPS) is 18.6. The minimum absolute atomic E-state index is 0.115. The van der Waals surface area contributed by atoms with E-state index in [1.54, 1.807) is 11.0 Å². The molecule has 0 saturated carbocycles. The molecule has 0 radical (unpaired) electrons. The van der Waals surface area contributed by atoms with Crippen LogP contribution in [0.25, 0.3) is 0 Å². The molecule has 7 heteroatoms. The zero-order chi connectivity index (χ0) is 16.4. The summed E-state index contributed by atoms with van der Waals surface area (Å²) in [5, 5.41) is 8.01. The van der Waals surface area contributed by atoms with Gasteiger partial charge in [-0.25, -0.2) is 0 Å². The highest BCUT2D eigenvalue weighted by molar-refractivity contribution is 5.91. The first-order valence-electron chi connectivity index (χ1n) is 8.16. The molecule has 1 unspecified atom stereocenters. The fourth-order valence-corrected chi connectivity index (χ4v) is 2.77. The topological polar surface area (TPSA) is 85.3 Å².